The maximum Gasteiger partial charge on any atom is 0.191 e. The number of hydrogen-bond acceptors (Lipinski definition) is 1. The van der Waals surface area contributed by atoms with E-state index in [9.17, 15) is 0 Å². The minimum absolute atomic E-state index is 0.313. The third-order valence-corrected chi connectivity index (χ3v) is 8.28. The van der Waals surface area contributed by atoms with E-state index in [4.69, 9.17) is 4.43 Å². The summed E-state index contributed by atoms with van der Waals surface area (Å²) in [6.45, 7) is 14.5. The summed E-state index contributed by atoms with van der Waals surface area (Å²) >= 11 is 0. The fourth-order valence-corrected chi connectivity index (χ4v) is 2.37. The Morgan fingerprint density at radius 2 is 1.84 bits per heavy atom. The first-order valence-electron chi connectivity index (χ1n) is 7.58. The van der Waals surface area contributed by atoms with Gasteiger partial charge in [0.1, 0.15) is 0 Å². The first kappa shape index (κ1) is 18.5. The van der Waals surface area contributed by atoms with Gasteiger partial charge in [0.15, 0.2) is 8.32 Å². The third-order valence-electron chi connectivity index (χ3n) is 3.74. The van der Waals surface area contributed by atoms with Crippen molar-refractivity contribution in [2.45, 2.75) is 77.9 Å². The Bertz CT molecular complexity index is 312. The molecule has 0 aliphatic rings. The van der Waals surface area contributed by atoms with Gasteiger partial charge in [-0.3, -0.25) is 0 Å². The molecular formula is C17H32OSi. The molecule has 0 unspecified atom stereocenters. The highest BCUT2D eigenvalue weighted by Gasteiger charge is 2.36. The molecule has 0 amide bonds. The summed E-state index contributed by atoms with van der Waals surface area (Å²) in [5.41, 5.74) is 0. The summed E-state index contributed by atoms with van der Waals surface area (Å²) in [4.78, 5) is 0. The molecule has 110 valence electrons. The predicted octanol–water partition coefficient (Wildman–Crippen LogP) is 5.54. The molecule has 0 heterocycles. The zero-order valence-corrected chi connectivity index (χ0v) is 14.8. The van der Waals surface area contributed by atoms with Crippen LogP contribution in [0.4, 0.5) is 0 Å². The van der Waals surface area contributed by atoms with Crippen LogP contribution in [0.25, 0.3) is 0 Å². The minimum atomic E-state index is -1.55. The molecule has 0 rings (SSSR count). The minimum Gasteiger partial charge on any atom is -0.417 e. The lowest BCUT2D eigenvalue weighted by atomic mass is 10.2. The first-order valence-corrected chi connectivity index (χ1v) is 10.5. The number of allylic oxidation sites excluding steroid dienone is 2. The maximum atomic E-state index is 6.12. The van der Waals surface area contributed by atoms with Crippen LogP contribution in [-0.4, -0.2) is 14.9 Å². The smallest absolute Gasteiger partial charge is 0.191 e. The second kappa shape index (κ2) is 9.39. The van der Waals surface area contributed by atoms with Gasteiger partial charge in [-0.05, 0) is 43.5 Å². The Kier molecular flexibility index (Phi) is 9.13. The largest absolute Gasteiger partial charge is 0.417 e. The lowest BCUT2D eigenvalue weighted by molar-refractivity contribution is 0.283. The number of hydrogen-bond donors (Lipinski definition) is 0. The first-order chi connectivity index (χ1) is 8.81. The zero-order chi connectivity index (χ0) is 14.8. The second-order valence-corrected chi connectivity index (χ2v) is 11.4. The fourth-order valence-electron chi connectivity index (χ4n) is 1.28. The van der Waals surface area contributed by atoms with Crippen LogP contribution in [0.1, 0.15) is 59.8 Å². The van der Waals surface area contributed by atoms with E-state index in [-0.39, 0.29) is 0 Å². The van der Waals surface area contributed by atoms with Crippen LogP contribution in [-0.2, 0) is 4.43 Å². The summed E-state index contributed by atoms with van der Waals surface area (Å²) in [6.07, 6.45) is 9.77. The van der Waals surface area contributed by atoms with Crippen molar-refractivity contribution in [1.29, 1.82) is 0 Å². The van der Waals surface area contributed by atoms with Crippen molar-refractivity contribution in [3.8, 4) is 11.8 Å². The Hall–Kier alpha value is -0.523. The normalized spacial score (nSPS) is 12.5. The van der Waals surface area contributed by atoms with Gasteiger partial charge in [0.25, 0.3) is 0 Å². The monoisotopic (exact) mass is 280 g/mol. The fraction of sp³-hybridized carbons (Fsp3) is 0.765. The lowest BCUT2D eigenvalue weighted by Gasteiger charge is -2.36. The molecule has 1 nitrogen and oxygen atoms in total. The molecule has 0 aromatic carbocycles. The van der Waals surface area contributed by atoms with Crippen molar-refractivity contribution in [2.75, 3.05) is 6.61 Å². The van der Waals surface area contributed by atoms with Crippen molar-refractivity contribution in [3.05, 3.63) is 12.2 Å². The van der Waals surface area contributed by atoms with Crippen molar-refractivity contribution in [1.82, 2.24) is 0 Å². The molecule has 19 heavy (non-hydrogen) atoms. The molecular weight excluding hydrogens is 248 g/mol. The van der Waals surface area contributed by atoms with Crippen LogP contribution in [0.5, 0.6) is 0 Å². The molecule has 0 aromatic heterocycles. The van der Waals surface area contributed by atoms with Crippen LogP contribution in [0.3, 0.4) is 0 Å². The predicted molar refractivity (Wildman–Crippen MR) is 88.8 cm³/mol. The zero-order valence-electron chi connectivity index (χ0n) is 13.8. The van der Waals surface area contributed by atoms with E-state index in [1.807, 2.05) is 6.08 Å². The Balaban J connectivity index is 3.70. The standard InChI is InChI=1S/C17H32OSi/c1-7-8-9-10-11-12-13-14-15-16-18-19(5,6)17(2,3)4/h12-13H,7-9,14-16H2,1-6H3/b13-12-. The van der Waals surface area contributed by atoms with Gasteiger partial charge >= 0.3 is 0 Å². The van der Waals surface area contributed by atoms with E-state index in [0.717, 1.165) is 25.9 Å². The van der Waals surface area contributed by atoms with Crippen molar-refractivity contribution in [3.63, 3.8) is 0 Å². The van der Waals surface area contributed by atoms with Crippen LogP contribution < -0.4 is 0 Å². The van der Waals surface area contributed by atoms with Gasteiger partial charge in [-0.2, -0.15) is 0 Å². The third kappa shape index (κ3) is 9.08. The highest BCUT2D eigenvalue weighted by Crippen LogP contribution is 2.36. The molecule has 0 saturated carbocycles. The van der Waals surface area contributed by atoms with E-state index in [2.05, 4.69) is 58.7 Å². The molecule has 0 fully saturated rings. The Labute approximate surface area is 122 Å². The van der Waals surface area contributed by atoms with Crippen LogP contribution in [0.15, 0.2) is 12.2 Å². The van der Waals surface area contributed by atoms with E-state index in [0.29, 0.717) is 5.04 Å². The molecule has 0 spiro atoms. The molecule has 0 atom stereocenters. The average molecular weight is 281 g/mol. The summed E-state index contributed by atoms with van der Waals surface area (Å²) in [5, 5.41) is 0.313. The van der Waals surface area contributed by atoms with Crippen molar-refractivity contribution < 1.29 is 4.43 Å². The lowest BCUT2D eigenvalue weighted by Crippen LogP contribution is -2.40. The van der Waals surface area contributed by atoms with Gasteiger partial charge in [-0.15, -0.1) is 0 Å². The maximum absolute atomic E-state index is 6.12. The Morgan fingerprint density at radius 1 is 1.16 bits per heavy atom. The summed E-state index contributed by atoms with van der Waals surface area (Å²) in [5.74, 6) is 6.25. The second-order valence-electron chi connectivity index (χ2n) is 6.58. The van der Waals surface area contributed by atoms with Gasteiger partial charge in [0.05, 0.1) is 0 Å². The summed E-state index contributed by atoms with van der Waals surface area (Å²) in [7, 11) is -1.55. The Morgan fingerprint density at radius 3 is 2.42 bits per heavy atom. The van der Waals surface area contributed by atoms with E-state index >= 15 is 0 Å². The van der Waals surface area contributed by atoms with Gasteiger partial charge in [0, 0.05) is 13.0 Å². The quantitative estimate of drug-likeness (QED) is 0.338. The van der Waals surface area contributed by atoms with Gasteiger partial charge in [0.2, 0.25) is 0 Å². The number of unbranched alkanes of at least 4 members (excludes halogenated alkanes) is 3. The van der Waals surface area contributed by atoms with E-state index in [1.54, 1.807) is 0 Å². The van der Waals surface area contributed by atoms with E-state index in [1.165, 1.54) is 12.8 Å². The van der Waals surface area contributed by atoms with E-state index < -0.39 is 8.32 Å². The highest BCUT2D eigenvalue weighted by molar-refractivity contribution is 6.74. The van der Waals surface area contributed by atoms with Gasteiger partial charge in [-0.25, -0.2) is 0 Å². The van der Waals surface area contributed by atoms with Crippen LogP contribution in [0, 0.1) is 11.8 Å². The molecule has 0 aliphatic heterocycles. The SMILES string of the molecule is CCCCC#C/C=C\CCCO[Si](C)(C)C(C)(C)C. The molecule has 2 heteroatoms. The van der Waals surface area contributed by atoms with Crippen molar-refractivity contribution in [2.24, 2.45) is 0 Å². The summed E-state index contributed by atoms with van der Waals surface area (Å²) in [6, 6.07) is 0. The van der Waals surface area contributed by atoms with Crippen LogP contribution in [0.2, 0.25) is 18.1 Å². The molecule has 0 bridgehead atoms. The molecule has 0 radical (unpaired) electrons. The molecule has 0 saturated heterocycles. The topological polar surface area (TPSA) is 9.23 Å². The van der Waals surface area contributed by atoms with Gasteiger partial charge < -0.3 is 4.43 Å². The average Bonchev–Trinajstić information content (AvgIpc) is 2.30. The number of rotatable bonds is 7. The summed E-state index contributed by atoms with van der Waals surface area (Å²) < 4.78 is 6.12. The van der Waals surface area contributed by atoms with Crippen LogP contribution >= 0.6 is 0 Å². The van der Waals surface area contributed by atoms with Crippen molar-refractivity contribution >= 4 is 8.32 Å². The molecule has 0 N–H and O–H groups in total. The van der Waals surface area contributed by atoms with Gasteiger partial charge in [-0.1, -0.05) is 52.0 Å². The molecule has 0 aromatic rings. The molecule has 0 aliphatic carbocycles. The highest BCUT2D eigenvalue weighted by atomic mass is 28.4.